The monoisotopic (exact) mass is 339 g/mol. The molecule has 1 fully saturated rings. The molecule has 1 aromatic carbocycles. The quantitative estimate of drug-likeness (QED) is 0.695. The van der Waals surface area contributed by atoms with Crippen molar-refractivity contribution in [2.75, 3.05) is 0 Å². The minimum absolute atomic E-state index is 0.441. The van der Waals surface area contributed by atoms with E-state index in [9.17, 15) is 0 Å². The normalized spacial score (nSPS) is 20.7. The van der Waals surface area contributed by atoms with Crippen LogP contribution in [0, 0.1) is 6.92 Å². The van der Waals surface area contributed by atoms with E-state index in [0.29, 0.717) is 11.8 Å². The highest BCUT2D eigenvalue weighted by atomic mass is 79.9. The lowest BCUT2D eigenvalue weighted by Crippen LogP contribution is -1.95. The van der Waals surface area contributed by atoms with Gasteiger partial charge in [0.25, 0.3) is 0 Å². The molecule has 0 aliphatic heterocycles. The van der Waals surface area contributed by atoms with Crippen molar-refractivity contribution in [2.24, 2.45) is 0 Å². The summed E-state index contributed by atoms with van der Waals surface area (Å²) in [4.78, 5) is 13.5. The van der Waals surface area contributed by atoms with E-state index in [4.69, 9.17) is 0 Å². The highest BCUT2D eigenvalue weighted by molar-refractivity contribution is 9.10. The summed E-state index contributed by atoms with van der Waals surface area (Å²) in [5.41, 5.74) is 3.35. The van der Waals surface area contributed by atoms with Crippen LogP contribution in [-0.4, -0.2) is 15.0 Å². The molecule has 0 unspecified atom stereocenters. The molecule has 2 atom stereocenters. The van der Waals surface area contributed by atoms with E-state index in [-0.39, 0.29) is 0 Å². The zero-order chi connectivity index (χ0) is 14.4. The average Bonchev–Trinajstić information content (AvgIpc) is 3.27. The van der Waals surface area contributed by atoms with Crippen LogP contribution in [0.4, 0.5) is 0 Å². The zero-order valence-electron chi connectivity index (χ0n) is 11.6. The molecule has 1 saturated carbocycles. The molecule has 0 N–H and O–H groups in total. The smallest absolute Gasteiger partial charge is 0.132 e. The van der Waals surface area contributed by atoms with Gasteiger partial charge in [0.1, 0.15) is 5.82 Å². The summed E-state index contributed by atoms with van der Waals surface area (Å²) in [6.07, 6.45) is 4.96. The van der Waals surface area contributed by atoms with Gasteiger partial charge in [0, 0.05) is 33.9 Å². The molecular formula is C17H14BrN3. The van der Waals surface area contributed by atoms with Gasteiger partial charge in [-0.3, -0.25) is 4.98 Å². The van der Waals surface area contributed by atoms with Crippen molar-refractivity contribution in [2.45, 2.75) is 25.2 Å². The first-order valence-corrected chi connectivity index (χ1v) is 7.85. The van der Waals surface area contributed by atoms with Crippen LogP contribution >= 0.6 is 15.9 Å². The lowest BCUT2D eigenvalue weighted by atomic mass is 10.1. The van der Waals surface area contributed by atoms with Gasteiger partial charge < -0.3 is 0 Å². The summed E-state index contributed by atoms with van der Waals surface area (Å²) >= 11 is 3.52. The summed E-state index contributed by atoms with van der Waals surface area (Å²) in [7, 11) is 0. The van der Waals surface area contributed by atoms with Gasteiger partial charge in [-0.25, -0.2) is 9.97 Å². The van der Waals surface area contributed by atoms with Crippen molar-refractivity contribution in [3.05, 3.63) is 64.3 Å². The largest absolute Gasteiger partial charge is 0.256 e. The Labute approximate surface area is 131 Å². The van der Waals surface area contributed by atoms with E-state index >= 15 is 0 Å². The molecule has 0 spiro atoms. The van der Waals surface area contributed by atoms with E-state index < -0.39 is 0 Å². The maximum atomic E-state index is 4.57. The van der Waals surface area contributed by atoms with Crippen LogP contribution < -0.4 is 0 Å². The van der Waals surface area contributed by atoms with Crippen LogP contribution in [0.5, 0.6) is 0 Å². The Bertz CT molecular complexity index is 831. The van der Waals surface area contributed by atoms with Gasteiger partial charge in [-0.1, -0.05) is 15.9 Å². The summed E-state index contributed by atoms with van der Waals surface area (Å²) in [6.45, 7) is 2.01. The fraction of sp³-hybridized carbons (Fsp3) is 0.235. The first kappa shape index (κ1) is 12.9. The fourth-order valence-electron chi connectivity index (χ4n) is 2.82. The van der Waals surface area contributed by atoms with Crippen LogP contribution in [0.3, 0.4) is 0 Å². The molecule has 2 aromatic heterocycles. The Hall–Kier alpha value is -1.81. The van der Waals surface area contributed by atoms with E-state index in [1.807, 2.05) is 37.5 Å². The molecule has 1 aliphatic carbocycles. The van der Waals surface area contributed by atoms with Crippen molar-refractivity contribution in [1.82, 2.24) is 15.0 Å². The second-order valence-electron chi connectivity index (χ2n) is 5.61. The summed E-state index contributed by atoms with van der Waals surface area (Å²) < 4.78 is 1.09. The highest BCUT2D eigenvalue weighted by Crippen LogP contribution is 2.53. The molecule has 0 saturated heterocycles. The van der Waals surface area contributed by atoms with Crippen LogP contribution in [0.25, 0.3) is 10.9 Å². The second-order valence-corrected chi connectivity index (χ2v) is 6.53. The molecule has 104 valence electrons. The van der Waals surface area contributed by atoms with Gasteiger partial charge in [-0.15, -0.1) is 0 Å². The Morgan fingerprint density at radius 3 is 2.86 bits per heavy atom. The Morgan fingerprint density at radius 2 is 2.00 bits per heavy atom. The maximum absolute atomic E-state index is 4.57. The lowest BCUT2D eigenvalue weighted by Gasteiger charge is -2.03. The van der Waals surface area contributed by atoms with Crippen LogP contribution in [-0.2, 0) is 0 Å². The number of hydrogen-bond acceptors (Lipinski definition) is 3. The molecule has 21 heavy (non-hydrogen) atoms. The van der Waals surface area contributed by atoms with E-state index in [1.165, 1.54) is 10.9 Å². The van der Waals surface area contributed by atoms with Crippen molar-refractivity contribution in [1.29, 1.82) is 0 Å². The van der Waals surface area contributed by atoms with Crippen molar-refractivity contribution >= 4 is 26.8 Å². The van der Waals surface area contributed by atoms with Gasteiger partial charge >= 0.3 is 0 Å². The third kappa shape index (κ3) is 2.44. The van der Waals surface area contributed by atoms with Crippen LogP contribution in [0.2, 0.25) is 0 Å². The minimum atomic E-state index is 0.441. The Kier molecular flexibility index (Phi) is 3.00. The van der Waals surface area contributed by atoms with Gasteiger partial charge in [0.2, 0.25) is 0 Å². The fourth-order valence-corrected chi connectivity index (χ4v) is 3.20. The third-order valence-electron chi connectivity index (χ3n) is 4.03. The molecule has 0 bridgehead atoms. The van der Waals surface area contributed by atoms with Crippen LogP contribution in [0.15, 0.2) is 47.2 Å². The third-order valence-corrected chi connectivity index (χ3v) is 4.52. The number of aryl methyl sites for hydroxylation is 1. The summed E-state index contributed by atoms with van der Waals surface area (Å²) in [6, 6.07) is 10.4. The number of hydrogen-bond donors (Lipinski definition) is 0. The van der Waals surface area contributed by atoms with Gasteiger partial charge in [0.05, 0.1) is 5.52 Å². The average molecular weight is 340 g/mol. The molecule has 0 amide bonds. The number of benzene rings is 1. The topological polar surface area (TPSA) is 38.7 Å². The summed E-state index contributed by atoms with van der Waals surface area (Å²) in [5, 5.41) is 1.18. The number of rotatable bonds is 2. The highest BCUT2D eigenvalue weighted by Gasteiger charge is 2.42. The predicted molar refractivity (Wildman–Crippen MR) is 86.3 cm³/mol. The number of pyridine rings is 1. The summed E-state index contributed by atoms with van der Waals surface area (Å²) in [5.74, 6) is 1.91. The second kappa shape index (κ2) is 4.88. The number of halogens is 1. The SMILES string of the molecule is Cc1ccnc([C@H]2C[C@@H]2c2cnc3ccc(Br)cc3c2)n1. The Morgan fingerprint density at radius 1 is 1.10 bits per heavy atom. The minimum Gasteiger partial charge on any atom is -0.256 e. The molecule has 3 aromatic rings. The van der Waals surface area contributed by atoms with E-state index in [1.54, 1.807) is 0 Å². The van der Waals surface area contributed by atoms with Crippen LogP contribution in [0.1, 0.15) is 35.3 Å². The molecule has 3 nitrogen and oxygen atoms in total. The van der Waals surface area contributed by atoms with Crippen molar-refractivity contribution in [3.63, 3.8) is 0 Å². The van der Waals surface area contributed by atoms with Crippen molar-refractivity contribution < 1.29 is 0 Å². The zero-order valence-corrected chi connectivity index (χ0v) is 13.2. The molecule has 4 heteroatoms. The van der Waals surface area contributed by atoms with Gasteiger partial charge in [-0.2, -0.15) is 0 Å². The maximum Gasteiger partial charge on any atom is 0.132 e. The standard InChI is InChI=1S/C17H14BrN3/c1-10-4-5-19-17(21-10)15-8-14(15)12-6-11-7-13(18)2-3-16(11)20-9-12/h2-7,9,14-15H,8H2,1H3/t14-,15+/m1/s1. The van der Waals surface area contributed by atoms with Gasteiger partial charge in [-0.05, 0) is 55.2 Å². The number of aromatic nitrogens is 3. The predicted octanol–water partition coefficient (Wildman–Crippen LogP) is 4.37. The van der Waals surface area contributed by atoms with Crippen molar-refractivity contribution in [3.8, 4) is 0 Å². The van der Waals surface area contributed by atoms with E-state index in [2.05, 4.69) is 43.0 Å². The molecule has 4 rings (SSSR count). The molecular weight excluding hydrogens is 326 g/mol. The number of fused-ring (bicyclic) bond motifs is 1. The Balaban J connectivity index is 1.66. The molecule has 1 aliphatic rings. The van der Waals surface area contributed by atoms with Gasteiger partial charge in [0.15, 0.2) is 0 Å². The first-order valence-electron chi connectivity index (χ1n) is 7.05. The first-order chi connectivity index (χ1) is 10.2. The molecule has 0 radical (unpaired) electrons. The number of nitrogens with zero attached hydrogens (tertiary/aromatic N) is 3. The van der Waals surface area contributed by atoms with E-state index in [0.717, 1.165) is 27.9 Å². The molecule has 2 heterocycles. The lowest BCUT2D eigenvalue weighted by molar-refractivity contribution is 0.877.